The summed E-state index contributed by atoms with van der Waals surface area (Å²) < 4.78 is 0. The lowest BCUT2D eigenvalue weighted by Gasteiger charge is -2.00. The lowest BCUT2D eigenvalue weighted by molar-refractivity contribution is 0.720. The lowest BCUT2D eigenvalue weighted by Crippen LogP contribution is -2.16. The number of rotatable bonds is 6. The summed E-state index contributed by atoms with van der Waals surface area (Å²) in [6, 6.07) is 0. The van der Waals surface area contributed by atoms with Gasteiger partial charge in [-0.05, 0) is 18.5 Å². The molecule has 0 bridgehead atoms. The molecule has 0 aliphatic rings. The zero-order valence-corrected chi connectivity index (χ0v) is 7.27. The van der Waals surface area contributed by atoms with Crippen molar-refractivity contribution in [2.24, 2.45) is 0 Å². The molecular weight excluding hydrogens is 134 g/mol. The molecular formula is C10H17N. The molecule has 0 aromatic rings. The standard InChI is InChI=1S/C10H17N/c1-4-6-7-10(3)9-11-8-5-2/h4,6-7,11H,1,3,5,8-9H2,2H3/b7-6-. The van der Waals surface area contributed by atoms with Crippen molar-refractivity contribution in [2.45, 2.75) is 13.3 Å². The van der Waals surface area contributed by atoms with Gasteiger partial charge in [0.1, 0.15) is 0 Å². The van der Waals surface area contributed by atoms with Gasteiger partial charge in [0.05, 0.1) is 0 Å². The molecule has 0 saturated carbocycles. The molecule has 0 saturated heterocycles. The van der Waals surface area contributed by atoms with Crippen LogP contribution in [0.5, 0.6) is 0 Å². The van der Waals surface area contributed by atoms with Gasteiger partial charge in [-0.25, -0.2) is 0 Å². The van der Waals surface area contributed by atoms with E-state index < -0.39 is 0 Å². The van der Waals surface area contributed by atoms with Gasteiger partial charge < -0.3 is 5.32 Å². The molecule has 1 N–H and O–H groups in total. The second-order valence-corrected chi connectivity index (χ2v) is 2.43. The summed E-state index contributed by atoms with van der Waals surface area (Å²) in [5, 5.41) is 3.26. The van der Waals surface area contributed by atoms with Crippen molar-refractivity contribution in [3.05, 3.63) is 37.0 Å². The maximum atomic E-state index is 3.87. The van der Waals surface area contributed by atoms with Gasteiger partial charge in [0.15, 0.2) is 0 Å². The summed E-state index contributed by atoms with van der Waals surface area (Å²) in [7, 11) is 0. The van der Waals surface area contributed by atoms with Gasteiger partial charge in [-0.2, -0.15) is 0 Å². The van der Waals surface area contributed by atoms with Crippen LogP contribution < -0.4 is 5.32 Å². The third-order valence-corrected chi connectivity index (χ3v) is 1.25. The van der Waals surface area contributed by atoms with Crippen molar-refractivity contribution in [1.29, 1.82) is 0 Å². The van der Waals surface area contributed by atoms with Gasteiger partial charge >= 0.3 is 0 Å². The van der Waals surface area contributed by atoms with E-state index >= 15 is 0 Å². The predicted octanol–water partition coefficient (Wildman–Crippen LogP) is 2.28. The average molecular weight is 151 g/mol. The maximum absolute atomic E-state index is 3.87. The SMILES string of the molecule is C=C/C=C\C(=C)CNCCC. The molecule has 0 aromatic heterocycles. The van der Waals surface area contributed by atoms with Crippen molar-refractivity contribution in [1.82, 2.24) is 5.32 Å². The third kappa shape index (κ3) is 7.07. The van der Waals surface area contributed by atoms with Crippen LogP contribution in [0.4, 0.5) is 0 Å². The van der Waals surface area contributed by atoms with Crippen molar-refractivity contribution >= 4 is 0 Å². The number of allylic oxidation sites excluding steroid dienone is 2. The first-order chi connectivity index (χ1) is 5.31. The molecule has 0 rings (SSSR count). The van der Waals surface area contributed by atoms with E-state index in [0.29, 0.717) is 0 Å². The zero-order chi connectivity index (χ0) is 8.53. The number of hydrogen-bond acceptors (Lipinski definition) is 1. The molecule has 0 aliphatic heterocycles. The first-order valence-corrected chi connectivity index (χ1v) is 3.98. The predicted molar refractivity (Wildman–Crippen MR) is 51.6 cm³/mol. The molecule has 0 unspecified atom stereocenters. The summed E-state index contributed by atoms with van der Waals surface area (Å²) in [6.07, 6.45) is 6.79. The maximum Gasteiger partial charge on any atom is 0.0199 e. The van der Waals surface area contributed by atoms with Gasteiger partial charge in [0, 0.05) is 6.54 Å². The van der Waals surface area contributed by atoms with Crippen LogP contribution in [0.1, 0.15) is 13.3 Å². The van der Waals surface area contributed by atoms with Crippen LogP contribution in [0.25, 0.3) is 0 Å². The summed E-state index contributed by atoms with van der Waals surface area (Å²) in [6.45, 7) is 11.5. The summed E-state index contributed by atoms with van der Waals surface area (Å²) in [5.41, 5.74) is 1.10. The second-order valence-electron chi connectivity index (χ2n) is 2.43. The Hall–Kier alpha value is -0.820. The third-order valence-electron chi connectivity index (χ3n) is 1.25. The zero-order valence-electron chi connectivity index (χ0n) is 7.27. The van der Waals surface area contributed by atoms with Crippen molar-refractivity contribution in [3.63, 3.8) is 0 Å². The highest BCUT2D eigenvalue weighted by Gasteiger charge is 1.85. The van der Waals surface area contributed by atoms with Crippen LogP contribution in [0.3, 0.4) is 0 Å². The molecule has 0 heterocycles. The van der Waals surface area contributed by atoms with Crippen LogP contribution >= 0.6 is 0 Å². The summed E-state index contributed by atoms with van der Waals surface area (Å²) in [5.74, 6) is 0. The normalized spacial score (nSPS) is 10.3. The Labute approximate surface area is 69.5 Å². The van der Waals surface area contributed by atoms with E-state index in [1.54, 1.807) is 6.08 Å². The average Bonchev–Trinajstić information content (AvgIpc) is 2.01. The fraction of sp³-hybridized carbons (Fsp3) is 0.400. The van der Waals surface area contributed by atoms with Gasteiger partial charge in [-0.3, -0.25) is 0 Å². The molecule has 1 nitrogen and oxygen atoms in total. The summed E-state index contributed by atoms with van der Waals surface area (Å²) in [4.78, 5) is 0. The largest absolute Gasteiger partial charge is 0.313 e. The van der Waals surface area contributed by atoms with E-state index in [9.17, 15) is 0 Å². The van der Waals surface area contributed by atoms with Crippen molar-refractivity contribution < 1.29 is 0 Å². The molecule has 0 aromatic carbocycles. The fourth-order valence-corrected chi connectivity index (χ4v) is 0.689. The van der Waals surface area contributed by atoms with E-state index in [0.717, 1.165) is 18.7 Å². The van der Waals surface area contributed by atoms with E-state index in [4.69, 9.17) is 0 Å². The van der Waals surface area contributed by atoms with Crippen LogP contribution in [-0.4, -0.2) is 13.1 Å². The van der Waals surface area contributed by atoms with Crippen molar-refractivity contribution in [3.8, 4) is 0 Å². The van der Waals surface area contributed by atoms with Crippen LogP contribution in [0, 0.1) is 0 Å². The van der Waals surface area contributed by atoms with E-state index in [-0.39, 0.29) is 0 Å². The Balaban J connectivity index is 3.37. The molecule has 0 spiro atoms. The van der Waals surface area contributed by atoms with Gasteiger partial charge in [-0.1, -0.05) is 38.3 Å². The lowest BCUT2D eigenvalue weighted by atomic mass is 10.2. The topological polar surface area (TPSA) is 12.0 Å². The highest BCUT2D eigenvalue weighted by Crippen LogP contribution is 1.90. The smallest absolute Gasteiger partial charge is 0.0199 e. The molecule has 0 amide bonds. The van der Waals surface area contributed by atoms with E-state index in [2.05, 4.69) is 25.4 Å². The molecule has 1 heteroatoms. The monoisotopic (exact) mass is 151 g/mol. The molecule has 11 heavy (non-hydrogen) atoms. The number of hydrogen-bond donors (Lipinski definition) is 1. The minimum atomic E-state index is 0.873. The molecule has 62 valence electrons. The highest BCUT2D eigenvalue weighted by atomic mass is 14.8. The molecule has 0 atom stereocenters. The minimum absolute atomic E-state index is 0.873. The Bertz CT molecular complexity index is 145. The Kier molecular flexibility index (Phi) is 6.75. The van der Waals surface area contributed by atoms with Crippen molar-refractivity contribution in [2.75, 3.05) is 13.1 Å². The fourth-order valence-electron chi connectivity index (χ4n) is 0.689. The Morgan fingerprint density at radius 3 is 2.82 bits per heavy atom. The Morgan fingerprint density at radius 1 is 1.55 bits per heavy atom. The minimum Gasteiger partial charge on any atom is -0.313 e. The second kappa shape index (κ2) is 7.29. The number of nitrogens with one attached hydrogen (secondary N) is 1. The molecule has 0 radical (unpaired) electrons. The Morgan fingerprint density at radius 2 is 2.27 bits per heavy atom. The first-order valence-electron chi connectivity index (χ1n) is 3.98. The highest BCUT2D eigenvalue weighted by molar-refractivity contribution is 5.19. The van der Waals surface area contributed by atoms with E-state index in [1.807, 2.05) is 12.2 Å². The van der Waals surface area contributed by atoms with E-state index in [1.165, 1.54) is 6.42 Å². The van der Waals surface area contributed by atoms with Crippen LogP contribution in [0.2, 0.25) is 0 Å². The quantitative estimate of drug-likeness (QED) is 0.453. The molecule has 0 aliphatic carbocycles. The van der Waals surface area contributed by atoms with Gasteiger partial charge in [0.25, 0.3) is 0 Å². The summed E-state index contributed by atoms with van der Waals surface area (Å²) >= 11 is 0. The molecule has 0 fully saturated rings. The van der Waals surface area contributed by atoms with Crippen LogP contribution in [0.15, 0.2) is 37.0 Å². The van der Waals surface area contributed by atoms with Gasteiger partial charge in [-0.15, -0.1) is 0 Å². The van der Waals surface area contributed by atoms with Gasteiger partial charge in [0.2, 0.25) is 0 Å². The first kappa shape index (κ1) is 10.2. The van der Waals surface area contributed by atoms with Crippen LogP contribution in [-0.2, 0) is 0 Å².